The Labute approximate surface area is 171 Å². The summed E-state index contributed by atoms with van der Waals surface area (Å²) in [5, 5.41) is 18.1. The van der Waals surface area contributed by atoms with Crippen LogP contribution in [0.3, 0.4) is 0 Å². The van der Waals surface area contributed by atoms with E-state index in [2.05, 4.69) is 25.2 Å². The summed E-state index contributed by atoms with van der Waals surface area (Å²) < 4.78 is 9.32. The van der Waals surface area contributed by atoms with Gasteiger partial charge in [-0.15, -0.1) is 15.3 Å². The van der Waals surface area contributed by atoms with Crippen molar-refractivity contribution < 1.29 is 4.74 Å². The molecule has 0 amide bonds. The summed E-state index contributed by atoms with van der Waals surface area (Å²) in [4.78, 5) is 6.41. The molecule has 0 aliphatic carbocycles. The van der Waals surface area contributed by atoms with Crippen molar-refractivity contribution in [1.82, 2.24) is 34.6 Å². The maximum Gasteiger partial charge on any atom is 0.257 e. The third-order valence-corrected chi connectivity index (χ3v) is 5.23. The van der Waals surface area contributed by atoms with Crippen LogP contribution in [0.5, 0.6) is 5.88 Å². The van der Waals surface area contributed by atoms with Crippen molar-refractivity contribution in [1.29, 1.82) is 0 Å². The van der Waals surface area contributed by atoms with E-state index in [0.717, 1.165) is 37.2 Å². The van der Waals surface area contributed by atoms with Gasteiger partial charge in [0.05, 0.1) is 0 Å². The first kappa shape index (κ1) is 17.9. The van der Waals surface area contributed by atoms with E-state index in [1.54, 1.807) is 15.5 Å². The predicted molar refractivity (Wildman–Crippen MR) is 108 cm³/mol. The topological polar surface area (TPSA) is 86.3 Å². The molecule has 10 heteroatoms. The molecule has 1 aliphatic rings. The molecular formula is C19H19ClN8O. The predicted octanol–water partition coefficient (Wildman–Crippen LogP) is 2.75. The van der Waals surface area contributed by atoms with E-state index in [4.69, 9.17) is 21.4 Å². The summed E-state index contributed by atoms with van der Waals surface area (Å²) in [6.07, 6.45) is 3.84. The molecule has 1 saturated heterocycles. The number of hydrogen-bond donors (Lipinski definition) is 0. The van der Waals surface area contributed by atoms with Crippen LogP contribution in [-0.2, 0) is 13.7 Å². The number of ether oxygens (including phenoxy) is 1. The van der Waals surface area contributed by atoms with Crippen LogP contribution in [0, 0.1) is 0 Å². The molecule has 0 unspecified atom stereocenters. The Bertz CT molecular complexity index is 1150. The molecule has 0 bridgehead atoms. The molecule has 4 aromatic rings. The molecule has 5 rings (SSSR count). The van der Waals surface area contributed by atoms with Crippen molar-refractivity contribution in [2.24, 2.45) is 7.05 Å². The van der Waals surface area contributed by atoms with E-state index in [9.17, 15) is 0 Å². The Hall–Kier alpha value is -3.20. The molecule has 9 nitrogen and oxygen atoms in total. The highest BCUT2D eigenvalue weighted by molar-refractivity contribution is 6.36. The summed E-state index contributed by atoms with van der Waals surface area (Å²) in [6.45, 7) is 1.99. The molecule has 0 atom stereocenters. The zero-order chi connectivity index (χ0) is 19.8. The second kappa shape index (κ2) is 7.32. The number of benzene rings is 1. The number of anilines is 1. The van der Waals surface area contributed by atoms with Gasteiger partial charge in [-0.25, -0.2) is 4.98 Å². The highest BCUT2D eigenvalue weighted by atomic mass is 35.5. The van der Waals surface area contributed by atoms with Gasteiger partial charge < -0.3 is 9.64 Å². The van der Waals surface area contributed by atoms with Gasteiger partial charge in [-0.05, 0) is 12.8 Å². The minimum absolute atomic E-state index is 0.194. The molecule has 1 aromatic carbocycles. The Morgan fingerprint density at radius 2 is 1.86 bits per heavy atom. The summed E-state index contributed by atoms with van der Waals surface area (Å²) in [7, 11) is 1.82. The summed E-state index contributed by atoms with van der Waals surface area (Å²) in [5.41, 5.74) is 2.16. The SMILES string of the molecule is Cn1cnc(COc2nn3c(-c4ccccc4)nnc3c(Cl)c2N2CCCC2)n1. The van der Waals surface area contributed by atoms with E-state index in [-0.39, 0.29) is 6.61 Å². The van der Waals surface area contributed by atoms with Gasteiger partial charge in [0.1, 0.15) is 17.0 Å². The van der Waals surface area contributed by atoms with Gasteiger partial charge in [0, 0.05) is 25.7 Å². The van der Waals surface area contributed by atoms with Gasteiger partial charge in [-0.3, -0.25) is 4.68 Å². The standard InChI is InChI=1S/C19H19ClN8O/c1-26-12-21-14(24-26)11-29-19-16(27-9-5-6-10-27)15(20)18-23-22-17(28(18)25-19)13-7-3-2-4-8-13/h2-4,7-8,12H,5-6,9-11H2,1H3. The van der Waals surface area contributed by atoms with Crippen molar-refractivity contribution in [3.05, 3.63) is 47.5 Å². The Morgan fingerprint density at radius 1 is 1.07 bits per heavy atom. The van der Waals surface area contributed by atoms with E-state index >= 15 is 0 Å². The lowest BCUT2D eigenvalue weighted by Crippen LogP contribution is -2.21. The largest absolute Gasteiger partial charge is 0.467 e. The molecule has 0 spiro atoms. The highest BCUT2D eigenvalue weighted by Crippen LogP contribution is 2.39. The quantitative estimate of drug-likeness (QED) is 0.500. The third kappa shape index (κ3) is 3.27. The van der Waals surface area contributed by atoms with Crippen molar-refractivity contribution in [2.45, 2.75) is 19.4 Å². The van der Waals surface area contributed by atoms with Gasteiger partial charge in [0.2, 0.25) is 0 Å². The van der Waals surface area contributed by atoms with Crippen LogP contribution in [0.25, 0.3) is 17.0 Å². The van der Waals surface area contributed by atoms with E-state index in [0.29, 0.717) is 28.2 Å². The minimum Gasteiger partial charge on any atom is -0.467 e. The summed E-state index contributed by atoms with van der Waals surface area (Å²) in [6, 6.07) is 9.76. The average molecular weight is 411 g/mol. The number of fused-ring (bicyclic) bond motifs is 1. The molecule has 0 radical (unpaired) electrons. The molecule has 1 fully saturated rings. The van der Waals surface area contributed by atoms with Gasteiger partial charge in [-0.2, -0.15) is 9.61 Å². The number of aryl methyl sites for hydroxylation is 1. The molecule has 4 heterocycles. The van der Waals surface area contributed by atoms with Gasteiger partial charge in [0.15, 0.2) is 23.9 Å². The van der Waals surface area contributed by atoms with Gasteiger partial charge in [0.25, 0.3) is 5.88 Å². The summed E-state index contributed by atoms with van der Waals surface area (Å²) in [5.74, 6) is 1.61. The van der Waals surface area contributed by atoms with Crippen molar-refractivity contribution in [3.63, 3.8) is 0 Å². The fourth-order valence-electron chi connectivity index (χ4n) is 3.51. The van der Waals surface area contributed by atoms with Crippen molar-refractivity contribution in [3.8, 4) is 17.3 Å². The zero-order valence-corrected chi connectivity index (χ0v) is 16.6. The fourth-order valence-corrected chi connectivity index (χ4v) is 3.83. The zero-order valence-electron chi connectivity index (χ0n) is 15.9. The monoisotopic (exact) mass is 410 g/mol. The third-order valence-electron chi connectivity index (χ3n) is 4.88. The van der Waals surface area contributed by atoms with E-state index in [1.807, 2.05) is 37.4 Å². The second-order valence-electron chi connectivity index (χ2n) is 6.91. The lowest BCUT2D eigenvalue weighted by atomic mass is 10.2. The second-order valence-corrected chi connectivity index (χ2v) is 7.29. The summed E-state index contributed by atoms with van der Waals surface area (Å²) >= 11 is 6.79. The lowest BCUT2D eigenvalue weighted by Gasteiger charge is -2.21. The first-order chi connectivity index (χ1) is 14.2. The van der Waals surface area contributed by atoms with Gasteiger partial charge >= 0.3 is 0 Å². The molecule has 0 saturated carbocycles. The molecular weight excluding hydrogens is 392 g/mol. The number of rotatable bonds is 5. The lowest BCUT2D eigenvalue weighted by molar-refractivity contribution is 0.280. The molecule has 3 aromatic heterocycles. The number of aromatic nitrogens is 7. The van der Waals surface area contributed by atoms with Crippen LogP contribution >= 0.6 is 11.6 Å². The van der Waals surface area contributed by atoms with Crippen LogP contribution in [0.2, 0.25) is 5.02 Å². The van der Waals surface area contributed by atoms with Crippen LogP contribution in [-0.4, -0.2) is 47.7 Å². The molecule has 29 heavy (non-hydrogen) atoms. The van der Waals surface area contributed by atoms with Crippen LogP contribution in [0.1, 0.15) is 18.7 Å². The van der Waals surface area contributed by atoms with Crippen molar-refractivity contribution in [2.75, 3.05) is 18.0 Å². The fraction of sp³-hybridized carbons (Fsp3) is 0.316. The van der Waals surface area contributed by atoms with Crippen LogP contribution < -0.4 is 9.64 Å². The highest BCUT2D eigenvalue weighted by Gasteiger charge is 2.26. The molecule has 148 valence electrons. The Kier molecular flexibility index (Phi) is 4.51. The Balaban J connectivity index is 1.61. The normalized spacial score (nSPS) is 14.1. The Morgan fingerprint density at radius 3 is 2.59 bits per heavy atom. The average Bonchev–Trinajstić information content (AvgIpc) is 3.48. The van der Waals surface area contributed by atoms with Crippen molar-refractivity contribution >= 4 is 22.9 Å². The maximum atomic E-state index is 6.79. The number of hydrogen-bond acceptors (Lipinski definition) is 7. The first-order valence-corrected chi connectivity index (χ1v) is 9.81. The number of halogens is 1. The van der Waals surface area contributed by atoms with Gasteiger partial charge in [-0.1, -0.05) is 41.9 Å². The van der Waals surface area contributed by atoms with E-state index in [1.165, 1.54) is 0 Å². The molecule has 1 aliphatic heterocycles. The molecule has 0 N–H and O–H groups in total. The smallest absolute Gasteiger partial charge is 0.257 e. The first-order valence-electron chi connectivity index (χ1n) is 9.43. The maximum absolute atomic E-state index is 6.79. The minimum atomic E-state index is 0.194. The van der Waals surface area contributed by atoms with E-state index < -0.39 is 0 Å². The number of nitrogens with zero attached hydrogens (tertiary/aromatic N) is 8. The van der Waals surface area contributed by atoms with Crippen LogP contribution in [0.4, 0.5) is 5.69 Å². The van der Waals surface area contributed by atoms with Crippen LogP contribution in [0.15, 0.2) is 36.7 Å².